The summed E-state index contributed by atoms with van der Waals surface area (Å²) in [6, 6.07) is 15.9. The fourth-order valence-corrected chi connectivity index (χ4v) is 2.99. The first-order valence-corrected chi connectivity index (χ1v) is 7.07. The molecule has 3 aromatic rings. The number of hydrogen-bond donors (Lipinski definition) is 0. The van der Waals surface area contributed by atoms with E-state index in [0.717, 1.165) is 35.0 Å². The summed E-state index contributed by atoms with van der Waals surface area (Å²) in [7, 11) is 0. The smallest absolute Gasteiger partial charge is 0.258 e. The van der Waals surface area contributed by atoms with Crippen LogP contribution >= 0.6 is 0 Å². The van der Waals surface area contributed by atoms with Gasteiger partial charge in [0.25, 0.3) is 5.91 Å². The van der Waals surface area contributed by atoms with E-state index >= 15 is 0 Å². The van der Waals surface area contributed by atoms with Crippen molar-refractivity contribution in [2.24, 2.45) is 0 Å². The van der Waals surface area contributed by atoms with Gasteiger partial charge in [-0.05, 0) is 35.6 Å². The summed E-state index contributed by atoms with van der Waals surface area (Å²) in [6.07, 6.45) is 4.44. The Morgan fingerprint density at radius 2 is 1.95 bits per heavy atom. The van der Waals surface area contributed by atoms with Crippen molar-refractivity contribution in [1.29, 1.82) is 0 Å². The largest absolute Gasteiger partial charge is 0.308 e. The molecule has 21 heavy (non-hydrogen) atoms. The molecule has 0 saturated heterocycles. The quantitative estimate of drug-likeness (QED) is 0.681. The van der Waals surface area contributed by atoms with Crippen molar-refractivity contribution >= 4 is 22.4 Å². The first-order valence-electron chi connectivity index (χ1n) is 7.07. The van der Waals surface area contributed by atoms with E-state index in [1.54, 1.807) is 12.4 Å². The predicted molar refractivity (Wildman–Crippen MR) is 83.6 cm³/mol. The molecule has 0 spiro atoms. The molecule has 0 bridgehead atoms. The summed E-state index contributed by atoms with van der Waals surface area (Å²) in [5, 5.41) is 1.96. The molecule has 3 nitrogen and oxygen atoms in total. The molecule has 0 fully saturated rings. The number of para-hydroxylation sites is 1. The fourth-order valence-electron chi connectivity index (χ4n) is 2.99. The first-order chi connectivity index (χ1) is 10.3. The Bertz CT molecular complexity index is 836. The number of nitrogens with zero attached hydrogens (tertiary/aromatic N) is 2. The van der Waals surface area contributed by atoms with Crippen molar-refractivity contribution in [3.8, 4) is 0 Å². The molecular formula is C18H14N2O. The monoisotopic (exact) mass is 274 g/mol. The van der Waals surface area contributed by atoms with Crippen molar-refractivity contribution in [3.63, 3.8) is 0 Å². The van der Waals surface area contributed by atoms with Crippen molar-refractivity contribution in [2.45, 2.75) is 6.42 Å². The van der Waals surface area contributed by atoms with Gasteiger partial charge in [-0.3, -0.25) is 9.78 Å². The lowest BCUT2D eigenvalue weighted by molar-refractivity contribution is 0.0991. The number of rotatable bonds is 1. The highest BCUT2D eigenvalue weighted by atomic mass is 16.2. The molecule has 3 heteroatoms. The average Bonchev–Trinajstić information content (AvgIpc) is 2.98. The lowest BCUT2D eigenvalue weighted by Gasteiger charge is -2.18. The van der Waals surface area contributed by atoms with Gasteiger partial charge < -0.3 is 4.90 Å². The van der Waals surface area contributed by atoms with Gasteiger partial charge >= 0.3 is 0 Å². The van der Waals surface area contributed by atoms with Crippen molar-refractivity contribution in [1.82, 2.24) is 4.98 Å². The van der Waals surface area contributed by atoms with Crippen molar-refractivity contribution < 1.29 is 4.79 Å². The summed E-state index contributed by atoms with van der Waals surface area (Å²) in [5.74, 6) is 0.0542. The van der Waals surface area contributed by atoms with Gasteiger partial charge in [-0.15, -0.1) is 0 Å². The third-order valence-corrected chi connectivity index (χ3v) is 4.05. The normalized spacial score (nSPS) is 13.4. The number of carbonyl (C=O) groups excluding carboxylic acids is 1. The number of amides is 1. The highest BCUT2D eigenvalue weighted by molar-refractivity contribution is 6.14. The van der Waals surface area contributed by atoms with Crippen LogP contribution < -0.4 is 4.90 Å². The molecule has 102 valence electrons. The molecular weight excluding hydrogens is 260 g/mol. The lowest BCUT2D eigenvalue weighted by Crippen LogP contribution is -2.29. The van der Waals surface area contributed by atoms with E-state index in [4.69, 9.17) is 0 Å². The number of anilines is 1. The minimum Gasteiger partial charge on any atom is -0.308 e. The summed E-state index contributed by atoms with van der Waals surface area (Å²) in [6.45, 7) is 0.745. The Balaban J connectivity index is 1.82. The van der Waals surface area contributed by atoms with Gasteiger partial charge in [0.15, 0.2) is 0 Å². The first kappa shape index (κ1) is 12.1. The minimum absolute atomic E-state index is 0.0542. The predicted octanol–water partition coefficient (Wildman–Crippen LogP) is 3.44. The van der Waals surface area contributed by atoms with Crippen molar-refractivity contribution in [3.05, 3.63) is 72.1 Å². The Labute approximate surface area is 122 Å². The van der Waals surface area contributed by atoms with Gasteiger partial charge in [-0.25, -0.2) is 0 Å². The maximum atomic E-state index is 12.9. The molecule has 2 aromatic carbocycles. The molecule has 1 aliphatic rings. The van der Waals surface area contributed by atoms with E-state index in [-0.39, 0.29) is 5.91 Å². The highest BCUT2D eigenvalue weighted by Gasteiger charge is 2.25. The fraction of sp³-hybridized carbons (Fsp3) is 0.111. The summed E-state index contributed by atoms with van der Waals surface area (Å²) >= 11 is 0. The second-order valence-electron chi connectivity index (χ2n) is 5.24. The third-order valence-electron chi connectivity index (χ3n) is 4.05. The van der Waals surface area contributed by atoms with E-state index in [0.29, 0.717) is 0 Å². The van der Waals surface area contributed by atoms with Gasteiger partial charge in [0.2, 0.25) is 0 Å². The summed E-state index contributed by atoms with van der Waals surface area (Å²) in [4.78, 5) is 19.0. The van der Waals surface area contributed by atoms with Gasteiger partial charge in [0, 0.05) is 35.6 Å². The van der Waals surface area contributed by atoms with Crippen LogP contribution in [0.5, 0.6) is 0 Å². The number of pyridine rings is 1. The van der Waals surface area contributed by atoms with Gasteiger partial charge in [0.05, 0.1) is 0 Å². The third kappa shape index (κ3) is 1.89. The lowest BCUT2D eigenvalue weighted by atomic mass is 10.1. The second kappa shape index (κ2) is 4.70. The minimum atomic E-state index is 0.0542. The van der Waals surface area contributed by atoms with Gasteiger partial charge in [-0.2, -0.15) is 0 Å². The van der Waals surface area contributed by atoms with Crippen molar-refractivity contribution in [2.75, 3.05) is 11.4 Å². The molecule has 1 amide bonds. The standard InChI is InChI=1S/C18H14N2O/c21-18(20-11-9-14-4-1-2-7-17(14)20)15-6-3-5-13-8-10-19-12-16(13)15/h1-8,10,12H,9,11H2. The molecule has 0 atom stereocenters. The number of fused-ring (bicyclic) bond motifs is 2. The molecule has 0 unspecified atom stereocenters. The number of carbonyl (C=O) groups is 1. The van der Waals surface area contributed by atoms with E-state index in [9.17, 15) is 4.79 Å². The molecule has 2 heterocycles. The Hall–Kier alpha value is -2.68. The molecule has 4 rings (SSSR count). The maximum absolute atomic E-state index is 12.9. The second-order valence-corrected chi connectivity index (χ2v) is 5.24. The molecule has 0 aliphatic carbocycles. The number of benzene rings is 2. The number of hydrogen-bond acceptors (Lipinski definition) is 2. The van der Waals surface area contributed by atoms with Gasteiger partial charge in [-0.1, -0.05) is 30.3 Å². The van der Waals surface area contributed by atoms with Crippen LogP contribution in [0.2, 0.25) is 0 Å². The maximum Gasteiger partial charge on any atom is 0.258 e. The molecule has 0 radical (unpaired) electrons. The van der Waals surface area contributed by atoms with Crippen LogP contribution in [-0.2, 0) is 6.42 Å². The van der Waals surface area contributed by atoms with E-state index in [1.807, 2.05) is 47.4 Å². The van der Waals surface area contributed by atoms with Crippen LogP contribution in [0.15, 0.2) is 60.9 Å². The van der Waals surface area contributed by atoms with E-state index in [1.165, 1.54) is 5.56 Å². The zero-order valence-electron chi connectivity index (χ0n) is 11.5. The van der Waals surface area contributed by atoms with E-state index in [2.05, 4.69) is 11.1 Å². The molecule has 1 aromatic heterocycles. The van der Waals surface area contributed by atoms with Crippen LogP contribution in [-0.4, -0.2) is 17.4 Å². The summed E-state index contributed by atoms with van der Waals surface area (Å²) in [5.41, 5.74) is 2.99. The Morgan fingerprint density at radius 3 is 2.90 bits per heavy atom. The Morgan fingerprint density at radius 1 is 1.05 bits per heavy atom. The zero-order valence-corrected chi connectivity index (χ0v) is 11.5. The average molecular weight is 274 g/mol. The van der Waals surface area contributed by atoms with Gasteiger partial charge in [0.1, 0.15) is 0 Å². The van der Waals surface area contributed by atoms with Crippen LogP contribution in [0, 0.1) is 0 Å². The Kier molecular flexibility index (Phi) is 2.71. The van der Waals surface area contributed by atoms with Crippen LogP contribution in [0.3, 0.4) is 0 Å². The highest BCUT2D eigenvalue weighted by Crippen LogP contribution is 2.30. The van der Waals surface area contributed by atoms with Crippen LogP contribution in [0.4, 0.5) is 5.69 Å². The molecule has 0 N–H and O–H groups in total. The molecule has 1 aliphatic heterocycles. The SMILES string of the molecule is O=C(c1cccc2ccncc12)N1CCc2ccccc21. The summed E-state index contributed by atoms with van der Waals surface area (Å²) < 4.78 is 0. The van der Waals surface area contributed by atoms with Crippen LogP contribution in [0.25, 0.3) is 10.8 Å². The molecule has 0 saturated carbocycles. The zero-order chi connectivity index (χ0) is 14.2. The van der Waals surface area contributed by atoms with Crippen LogP contribution in [0.1, 0.15) is 15.9 Å². The number of aromatic nitrogens is 1. The topological polar surface area (TPSA) is 33.2 Å². The van der Waals surface area contributed by atoms with E-state index < -0.39 is 0 Å².